The fraction of sp³-hybridized carbons (Fsp3) is 0.550. The number of ether oxygens (including phenoxy) is 1. The van der Waals surface area contributed by atoms with Crippen molar-refractivity contribution in [2.75, 3.05) is 14.2 Å². The third-order valence-corrected chi connectivity index (χ3v) is 4.95. The lowest BCUT2D eigenvalue weighted by molar-refractivity contribution is 0.406. The number of hydrogen-bond acceptors (Lipinski definition) is 4. The van der Waals surface area contributed by atoms with E-state index in [9.17, 15) is 0 Å². The molecule has 7 heteroatoms. The van der Waals surface area contributed by atoms with Crippen LogP contribution < -0.4 is 15.4 Å². The smallest absolute Gasteiger partial charge is 0.191 e. The highest BCUT2D eigenvalue weighted by Crippen LogP contribution is 2.23. The Labute approximate surface area is 162 Å². The van der Waals surface area contributed by atoms with Crippen LogP contribution in [0.1, 0.15) is 40.7 Å². The largest absolute Gasteiger partial charge is 0.496 e. The second-order valence-corrected chi connectivity index (χ2v) is 6.99. The quantitative estimate of drug-likeness (QED) is 0.601. The second-order valence-electron chi connectivity index (χ2n) is 6.99. The summed E-state index contributed by atoms with van der Waals surface area (Å²) in [4.78, 5) is 8.87. The number of nitrogens with one attached hydrogen (secondary N) is 2. The van der Waals surface area contributed by atoms with Gasteiger partial charge in [0.15, 0.2) is 5.96 Å². The summed E-state index contributed by atoms with van der Waals surface area (Å²) < 4.78 is 7.42. The maximum absolute atomic E-state index is 5.48. The van der Waals surface area contributed by atoms with Crippen LogP contribution in [0.4, 0.5) is 0 Å². The van der Waals surface area contributed by atoms with E-state index in [1.165, 1.54) is 11.3 Å². The highest BCUT2D eigenvalue weighted by Gasteiger charge is 2.15. The minimum Gasteiger partial charge on any atom is -0.496 e. The normalized spacial score (nSPS) is 12.8. The van der Waals surface area contributed by atoms with E-state index in [0.29, 0.717) is 6.54 Å². The van der Waals surface area contributed by atoms with E-state index in [0.717, 1.165) is 40.6 Å². The molecule has 0 fully saturated rings. The lowest BCUT2D eigenvalue weighted by atomic mass is 10.1. The molecule has 1 atom stereocenters. The van der Waals surface area contributed by atoms with Gasteiger partial charge in [0, 0.05) is 43.2 Å². The number of aryl methyl sites for hydroxylation is 3. The van der Waals surface area contributed by atoms with Crippen molar-refractivity contribution in [2.45, 2.75) is 53.6 Å². The molecular weight excluding hydrogens is 340 g/mol. The average Bonchev–Trinajstić information content (AvgIpc) is 2.86. The summed E-state index contributed by atoms with van der Waals surface area (Å²) in [6.45, 7) is 10.9. The van der Waals surface area contributed by atoms with Crippen molar-refractivity contribution >= 4 is 5.96 Å². The van der Waals surface area contributed by atoms with Crippen LogP contribution in [0.5, 0.6) is 5.75 Å². The fourth-order valence-corrected chi connectivity index (χ4v) is 3.31. The summed E-state index contributed by atoms with van der Waals surface area (Å²) in [7, 11) is 5.45. The first-order chi connectivity index (χ1) is 12.8. The molecule has 0 aliphatic rings. The predicted octanol–water partition coefficient (Wildman–Crippen LogP) is 2.35. The SMILES string of the molecule is CN=C(NCc1ncc(C)c(OC)c1C)NC(C)Cc1c(C)nn(C)c1C. The minimum atomic E-state index is 0.222. The maximum Gasteiger partial charge on any atom is 0.191 e. The number of hydrogen-bond donors (Lipinski definition) is 2. The number of guanidine groups is 1. The van der Waals surface area contributed by atoms with E-state index in [1.807, 2.05) is 31.8 Å². The summed E-state index contributed by atoms with van der Waals surface area (Å²) in [6, 6.07) is 0.222. The van der Waals surface area contributed by atoms with Crippen LogP contribution in [0, 0.1) is 27.7 Å². The first-order valence-electron chi connectivity index (χ1n) is 9.23. The van der Waals surface area contributed by atoms with Gasteiger partial charge in [0.05, 0.1) is 25.0 Å². The Kier molecular flexibility index (Phi) is 6.82. The predicted molar refractivity (Wildman–Crippen MR) is 109 cm³/mol. The molecule has 2 aromatic heterocycles. The van der Waals surface area contributed by atoms with E-state index in [4.69, 9.17) is 4.74 Å². The number of nitrogens with zero attached hydrogens (tertiary/aromatic N) is 4. The molecule has 148 valence electrons. The molecule has 1 unspecified atom stereocenters. The van der Waals surface area contributed by atoms with Crippen molar-refractivity contribution in [3.05, 3.63) is 40.0 Å². The molecule has 0 aromatic carbocycles. The number of aliphatic imine (C=N–C) groups is 1. The topological polar surface area (TPSA) is 76.4 Å². The van der Waals surface area contributed by atoms with Gasteiger partial charge in [0.25, 0.3) is 0 Å². The van der Waals surface area contributed by atoms with Gasteiger partial charge in [-0.05, 0) is 46.6 Å². The van der Waals surface area contributed by atoms with Gasteiger partial charge in [-0.15, -0.1) is 0 Å². The summed E-state index contributed by atoms with van der Waals surface area (Å²) in [5, 5.41) is 11.3. The number of aromatic nitrogens is 3. The van der Waals surface area contributed by atoms with E-state index in [-0.39, 0.29) is 6.04 Å². The first-order valence-corrected chi connectivity index (χ1v) is 9.23. The number of rotatable bonds is 6. The zero-order valence-electron chi connectivity index (χ0n) is 17.8. The van der Waals surface area contributed by atoms with Gasteiger partial charge in [-0.1, -0.05) is 0 Å². The molecule has 0 amide bonds. The molecule has 0 aliphatic heterocycles. The molecule has 0 bridgehead atoms. The van der Waals surface area contributed by atoms with Crippen LogP contribution in [-0.2, 0) is 20.0 Å². The Balaban J connectivity index is 2.00. The van der Waals surface area contributed by atoms with Gasteiger partial charge >= 0.3 is 0 Å². The van der Waals surface area contributed by atoms with Crippen LogP contribution in [-0.4, -0.2) is 40.9 Å². The van der Waals surface area contributed by atoms with E-state index >= 15 is 0 Å². The van der Waals surface area contributed by atoms with Crippen molar-refractivity contribution in [3.63, 3.8) is 0 Å². The molecule has 2 rings (SSSR count). The Hall–Kier alpha value is -2.57. The van der Waals surface area contributed by atoms with Gasteiger partial charge in [0.2, 0.25) is 0 Å². The molecule has 0 radical (unpaired) electrons. The van der Waals surface area contributed by atoms with E-state index < -0.39 is 0 Å². The Bertz CT molecular complexity index is 824. The third kappa shape index (κ3) is 4.78. The average molecular weight is 373 g/mol. The fourth-order valence-electron chi connectivity index (χ4n) is 3.31. The summed E-state index contributed by atoms with van der Waals surface area (Å²) >= 11 is 0. The molecule has 2 aromatic rings. The van der Waals surface area contributed by atoms with E-state index in [2.05, 4.69) is 46.5 Å². The summed E-state index contributed by atoms with van der Waals surface area (Å²) in [5.41, 5.74) is 6.61. The minimum absolute atomic E-state index is 0.222. The maximum atomic E-state index is 5.48. The van der Waals surface area contributed by atoms with Crippen LogP contribution in [0.3, 0.4) is 0 Å². The van der Waals surface area contributed by atoms with Crippen molar-refractivity contribution in [1.29, 1.82) is 0 Å². The van der Waals surface area contributed by atoms with Crippen molar-refractivity contribution in [1.82, 2.24) is 25.4 Å². The zero-order valence-corrected chi connectivity index (χ0v) is 17.8. The van der Waals surface area contributed by atoms with Gasteiger partial charge in [-0.2, -0.15) is 5.10 Å². The molecule has 0 aliphatic carbocycles. The molecule has 0 spiro atoms. The number of pyridine rings is 1. The summed E-state index contributed by atoms with van der Waals surface area (Å²) in [5.74, 6) is 1.64. The highest BCUT2D eigenvalue weighted by atomic mass is 16.5. The second kappa shape index (κ2) is 8.88. The van der Waals surface area contributed by atoms with E-state index in [1.54, 1.807) is 14.2 Å². The molecule has 2 heterocycles. The Morgan fingerprint density at radius 1 is 1.30 bits per heavy atom. The summed E-state index contributed by atoms with van der Waals surface area (Å²) in [6.07, 6.45) is 2.73. The van der Waals surface area contributed by atoms with Gasteiger partial charge in [-0.25, -0.2) is 0 Å². The van der Waals surface area contributed by atoms with Crippen LogP contribution in [0.25, 0.3) is 0 Å². The molecule has 0 saturated heterocycles. The zero-order chi connectivity index (χ0) is 20.1. The van der Waals surface area contributed by atoms with Crippen LogP contribution >= 0.6 is 0 Å². The lowest BCUT2D eigenvalue weighted by Crippen LogP contribution is -2.43. The number of methoxy groups -OCH3 is 1. The molecule has 27 heavy (non-hydrogen) atoms. The monoisotopic (exact) mass is 372 g/mol. The van der Waals surface area contributed by atoms with Gasteiger partial charge in [0.1, 0.15) is 5.75 Å². The standard InChI is InChI=1S/C20H32N6O/c1-12-10-22-18(14(3)19(12)27-8)11-23-20(21-6)24-13(2)9-17-15(4)25-26(7)16(17)5/h10,13H,9,11H2,1-8H3,(H2,21,23,24). The molecule has 0 saturated carbocycles. The lowest BCUT2D eigenvalue weighted by Gasteiger charge is -2.19. The Morgan fingerprint density at radius 2 is 2.00 bits per heavy atom. The van der Waals surface area contributed by atoms with Crippen LogP contribution in [0.2, 0.25) is 0 Å². The molecular formula is C20H32N6O. The van der Waals surface area contributed by atoms with Crippen molar-refractivity contribution in [3.8, 4) is 5.75 Å². The van der Waals surface area contributed by atoms with Crippen molar-refractivity contribution in [2.24, 2.45) is 12.0 Å². The van der Waals surface area contributed by atoms with Gasteiger partial charge < -0.3 is 15.4 Å². The molecule has 7 nitrogen and oxygen atoms in total. The highest BCUT2D eigenvalue weighted by molar-refractivity contribution is 5.80. The van der Waals surface area contributed by atoms with Crippen LogP contribution in [0.15, 0.2) is 11.2 Å². The Morgan fingerprint density at radius 3 is 2.56 bits per heavy atom. The third-order valence-electron chi connectivity index (χ3n) is 4.95. The molecule has 2 N–H and O–H groups in total. The van der Waals surface area contributed by atoms with Gasteiger partial charge in [-0.3, -0.25) is 14.7 Å². The van der Waals surface area contributed by atoms with Crippen molar-refractivity contribution < 1.29 is 4.74 Å². The first kappa shape index (κ1) is 20.7.